The van der Waals surface area contributed by atoms with Crippen LogP contribution in [-0.4, -0.2) is 48.1 Å². The first-order valence-electron chi connectivity index (χ1n) is 8.91. The maximum Gasteiger partial charge on any atom is 0.415 e. The van der Waals surface area contributed by atoms with Gasteiger partial charge in [-0.1, -0.05) is 50.2 Å². The highest BCUT2D eigenvalue weighted by Crippen LogP contribution is 2.26. The summed E-state index contributed by atoms with van der Waals surface area (Å²) in [6.45, 7) is 7.79. The summed E-state index contributed by atoms with van der Waals surface area (Å²) in [6, 6.07) is 14.4. The molecule has 0 aliphatic carbocycles. The van der Waals surface area contributed by atoms with Crippen LogP contribution >= 0.6 is 12.4 Å². The minimum absolute atomic E-state index is 0. The van der Waals surface area contributed by atoms with Gasteiger partial charge in [-0.2, -0.15) is 0 Å². The average Bonchev–Trinajstić information content (AvgIpc) is 2.63. The molecule has 1 heterocycles. The van der Waals surface area contributed by atoms with Crippen molar-refractivity contribution in [1.29, 1.82) is 0 Å². The smallest absolute Gasteiger partial charge is 0.410 e. The zero-order chi connectivity index (χ0) is 16.9. The van der Waals surface area contributed by atoms with Crippen LogP contribution in [0.3, 0.4) is 0 Å². The first-order valence-corrected chi connectivity index (χ1v) is 8.91. The van der Waals surface area contributed by atoms with Gasteiger partial charge in [0.25, 0.3) is 0 Å². The van der Waals surface area contributed by atoms with Gasteiger partial charge >= 0.3 is 6.09 Å². The maximum absolute atomic E-state index is 12.5. The van der Waals surface area contributed by atoms with Crippen LogP contribution in [0.2, 0.25) is 0 Å². The minimum Gasteiger partial charge on any atom is -0.410 e. The lowest BCUT2D eigenvalue weighted by Crippen LogP contribution is -2.52. The number of amides is 1. The molecule has 1 fully saturated rings. The molecule has 0 spiro atoms. The summed E-state index contributed by atoms with van der Waals surface area (Å²) < 4.78 is 5.68. The second kappa shape index (κ2) is 9.07. The van der Waals surface area contributed by atoms with Crippen LogP contribution in [0.25, 0.3) is 10.8 Å². The van der Waals surface area contributed by atoms with Crippen LogP contribution in [0, 0.1) is 0 Å². The van der Waals surface area contributed by atoms with Crippen molar-refractivity contribution in [3.05, 3.63) is 42.5 Å². The summed E-state index contributed by atoms with van der Waals surface area (Å²) in [5, 5.41) is 2.06. The summed E-state index contributed by atoms with van der Waals surface area (Å²) in [4.78, 5) is 16.8. The summed E-state index contributed by atoms with van der Waals surface area (Å²) in [6.07, 6.45) is 2.09. The third kappa shape index (κ3) is 4.44. The summed E-state index contributed by atoms with van der Waals surface area (Å²) >= 11 is 0. The Labute approximate surface area is 156 Å². The molecule has 3 rings (SSSR count). The van der Waals surface area contributed by atoms with E-state index in [2.05, 4.69) is 18.7 Å². The highest BCUT2D eigenvalue weighted by molar-refractivity contribution is 5.90. The van der Waals surface area contributed by atoms with Crippen molar-refractivity contribution in [2.45, 2.75) is 32.7 Å². The van der Waals surface area contributed by atoms with Crippen LogP contribution in [0.1, 0.15) is 26.7 Å². The zero-order valence-corrected chi connectivity index (χ0v) is 15.8. The van der Waals surface area contributed by atoms with Gasteiger partial charge in [0.05, 0.1) is 0 Å². The highest BCUT2D eigenvalue weighted by atomic mass is 35.5. The molecule has 0 radical (unpaired) electrons. The van der Waals surface area contributed by atoms with Crippen molar-refractivity contribution in [1.82, 2.24) is 9.80 Å². The molecular weight excluding hydrogens is 336 g/mol. The molecule has 1 aliphatic heterocycles. The van der Waals surface area contributed by atoms with Crippen molar-refractivity contribution in [2.75, 3.05) is 26.2 Å². The molecule has 136 valence electrons. The minimum atomic E-state index is -0.240. The van der Waals surface area contributed by atoms with Gasteiger partial charge in [-0.15, -0.1) is 12.4 Å². The Hall–Kier alpha value is -1.78. The quantitative estimate of drug-likeness (QED) is 0.798. The average molecular weight is 363 g/mol. The topological polar surface area (TPSA) is 32.8 Å². The van der Waals surface area contributed by atoms with Crippen molar-refractivity contribution in [3.63, 3.8) is 0 Å². The van der Waals surface area contributed by atoms with E-state index in [1.807, 2.05) is 47.4 Å². The fraction of sp³-hybridized carbons (Fsp3) is 0.450. The third-order valence-electron chi connectivity index (χ3n) is 4.98. The Morgan fingerprint density at radius 3 is 2.32 bits per heavy atom. The SMILES string of the molecule is CCC(CC)N1CCN(C(=O)Oc2cccc3ccccc23)CC1.Cl. The van der Waals surface area contributed by atoms with Crippen LogP contribution < -0.4 is 4.74 Å². The molecule has 2 aromatic rings. The molecule has 0 aromatic heterocycles. The number of halogens is 1. The largest absolute Gasteiger partial charge is 0.415 e. The van der Waals surface area contributed by atoms with Crippen molar-refractivity contribution < 1.29 is 9.53 Å². The molecule has 1 aliphatic rings. The number of fused-ring (bicyclic) bond motifs is 1. The molecule has 2 aromatic carbocycles. The number of nitrogens with zero attached hydrogens (tertiary/aromatic N) is 2. The van der Waals surface area contributed by atoms with E-state index in [1.165, 1.54) is 0 Å². The first kappa shape index (κ1) is 19.5. The van der Waals surface area contributed by atoms with E-state index in [-0.39, 0.29) is 18.5 Å². The molecule has 0 saturated carbocycles. The van der Waals surface area contributed by atoms with E-state index in [0.29, 0.717) is 11.8 Å². The summed E-state index contributed by atoms with van der Waals surface area (Å²) in [5.74, 6) is 0.639. The fourth-order valence-corrected chi connectivity index (χ4v) is 3.52. The van der Waals surface area contributed by atoms with E-state index in [0.717, 1.165) is 49.8 Å². The van der Waals surface area contributed by atoms with Gasteiger partial charge in [0, 0.05) is 37.6 Å². The van der Waals surface area contributed by atoms with E-state index in [4.69, 9.17) is 4.74 Å². The Morgan fingerprint density at radius 1 is 1.00 bits per heavy atom. The molecule has 0 N–H and O–H groups in total. The number of hydrogen-bond acceptors (Lipinski definition) is 3. The second-order valence-electron chi connectivity index (χ2n) is 6.34. The van der Waals surface area contributed by atoms with Gasteiger partial charge < -0.3 is 9.64 Å². The third-order valence-corrected chi connectivity index (χ3v) is 4.98. The lowest BCUT2D eigenvalue weighted by Gasteiger charge is -2.38. The van der Waals surface area contributed by atoms with Gasteiger partial charge in [-0.05, 0) is 24.3 Å². The maximum atomic E-state index is 12.5. The predicted molar refractivity (Wildman–Crippen MR) is 105 cm³/mol. The van der Waals surface area contributed by atoms with Crippen molar-refractivity contribution >= 4 is 29.3 Å². The number of piperazine rings is 1. The van der Waals surface area contributed by atoms with E-state index in [9.17, 15) is 4.79 Å². The number of rotatable bonds is 4. The first-order chi connectivity index (χ1) is 11.7. The van der Waals surface area contributed by atoms with E-state index < -0.39 is 0 Å². The molecule has 0 unspecified atom stereocenters. The molecule has 25 heavy (non-hydrogen) atoms. The fourth-order valence-electron chi connectivity index (χ4n) is 3.52. The molecule has 1 amide bonds. The van der Waals surface area contributed by atoms with Gasteiger partial charge in [-0.3, -0.25) is 4.90 Å². The monoisotopic (exact) mass is 362 g/mol. The van der Waals surface area contributed by atoms with Gasteiger partial charge in [0.2, 0.25) is 0 Å². The lowest BCUT2D eigenvalue weighted by atomic mass is 10.1. The second-order valence-corrected chi connectivity index (χ2v) is 6.34. The Bertz CT molecular complexity index is 690. The van der Waals surface area contributed by atoms with Gasteiger partial charge in [0.1, 0.15) is 5.75 Å². The Balaban J connectivity index is 0.00000225. The Morgan fingerprint density at radius 2 is 1.64 bits per heavy atom. The van der Waals surface area contributed by atoms with E-state index in [1.54, 1.807) is 0 Å². The lowest BCUT2D eigenvalue weighted by molar-refractivity contribution is 0.0863. The number of hydrogen-bond donors (Lipinski definition) is 0. The summed E-state index contributed by atoms with van der Waals surface area (Å²) in [7, 11) is 0. The molecular formula is C20H27ClN2O2. The zero-order valence-electron chi connectivity index (χ0n) is 15.0. The number of carbonyl (C=O) groups excluding carboxylic acids is 1. The van der Waals surface area contributed by atoms with Crippen LogP contribution in [0.15, 0.2) is 42.5 Å². The van der Waals surface area contributed by atoms with Gasteiger partial charge in [0.15, 0.2) is 0 Å². The van der Waals surface area contributed by atoms with Crippen molar-refractivity contribution in [3.8, 4) is 5.75 Å². The normalized spacial score (nSPS) is 15.2. The standard InChI is InChI=1S/C20H26N2O2.ClH/c1-3-17(4-2)21-12-14-22(15-13-21)20(23)24-19-11-7-9-16-8-5-6-10-18(16)19;/h5-11,17H,3-4,12-15H2,1-2H3;1H. The molecule has 0 atom stereocenters. The van der Waals surface area contributed by atoms with Crippen LogP contribution in [-0.2, 0) is 0 Å². The van der Waals surface area contributed by atoms with Crippen LogP contribution in [0.4, 0.5) is 4.79 Å². The number of ether oxygens (including phenoxy) is 1. The highest BCUT2D eigenvalue weighted by Gasteiger charge is 2.25. The number of benzene rings is 2. The van der Waals surface area contributed by atoms with Crippen molar-refractivity contribution in [2.24, 2.45) is 0 Å². The summed E-state index contributed by atoms with van der Waals surface area (Å²) in [5.41, 5.74) is 0. The number of carbonyl (C=O) groups is 1. The van der Waals surface area contributed by atoms with E-state index >= 15 is 0 Å². The Kier molecular flexibility index (Phi) is 7.09. The molecule has 1 saturated heterocycles. The van der Waals surface area contributed by atoms with Gasteiger partial charge in [-0.25, -0.2) is 4.79 Å². The molecule has 4 nitrogen and oxygen atoms in total. The molecule has 5 heteroatoms. The van der Waals surface area contributed by atoms with Crippen LogP contribution in [0.5, 0.6) is 5.75 Å². The molecule has 0 bridgehead atoms. The predicted octanol–water partition coefficient (Wildman–Crippen LogP) is 4.57.